The van der Waals surface area contributed by atoms with Crippen LogP contribution in [0.2, 0.25) is 0 Å². The zero-order valence-corrected chi connectivity index (χ0v) is 12.0. The van der Waals surface area contributed by atoms with Gasteiger partial charge in [-0.15, -0.1) is 13.2 Å². The summed E-state index contributed by atoms with van der Waals surface area (Å²) in [6.45, 7) is 15.6. The van der Waals surface area contributed by atoms with Crippen molar-refractivity contribution in [2.24, 2.45) is 23.7 Å². The lowest BCUT2D eigenvalue weighted by Gasteiger charge is -2.31. The van der Waals surface area contributed by atoms with Crippen molar-refractivity contribution in [1.29, 1.82) is 0 Å². The third-order valence-corrected chi connectivity index (χ3v) is 4.06. The molecule has 1 aliphatic rings. The van der Waals surface area contributed by atoms with Crippen LogP contribution >= 0.6 is 0 Å². The molecule has 0 radical (unpaired) electrons. The van der Waals surface area contributed by atoms with Crippen molar-refractivity contribution >= 4 is 0 Å². The van der Waals surface area contributed by atoms with Gasteiger partial charge in [0.25, 0.3) is 0 Å². The van der Waals surface area contributed by atoms with Crippen LogP contribution in [0.25, 0.3) is 0 Å². The summed E-state index contributed by atoms with van der Waals surface area (Å²) >= 11 is 0. The molecule has 0 nitrogen and oxygen atoms in total. The lowest BCUT2D eigenvalue weighted by molar-refractivity contribution is 0.209. The first-order valence-electron chi connectivity index (χ1n) is 7.09. The predicted molar refractivity (Wildman–Crippen MR) is 75.6 cm³/mol. The molecule has 1 atom stereocenters. The third-order valence-electron chi connectivity index (χ3n) is 4.06. The molecule has 96 valence electrons. The quantitative estimate of drug-likeness (QED) is 0.538. The van der Waals surface area contributed by atoms with E-state index < -0.39 is 0 Å². The van der Waals surface area contributed by atoms with Crippen molar-refractivity contribution in [3.8, 4) is 0 Å². The van der Waals surface area contributed by atoms with Crippen LogP contribution < -0.4 is 0 Å². The second-order valence-corrected chi connectivity index (χ2v) is 5.97. The first-order chi connectivity index (χ1) is 7.59. The van der Waals surface area contributed by atoms with Gasteiger partial charge in [0.05, 0.1) is 0 Å². The molecule has 0 bridgehead atoms. The SMILES string of the molecule is C=C.CC(C)CCC(C)C1CCC(C)CC1. The van der Waals surface area contributed by atoms with E-state index in [9.17, 15) is 0 Å². The molecule has 1 unspecified atom stereocenters. The van der Waals surface area contributed by atoms with E-state index in [-0.39, 0.29) is 0 Å². The van der Waals surface area contributed by atoms with Crippen LogP contribution in [-0.2, 0) is 0 Å². The van der Waals surface area contributed by atoms with Gasteiger partial charge in [0.15, 0.2) is 0 Å². The highest BCUT2D eigenvalue weighted by atomic mass is 14.3. The Morgan fingerprint density at radius 1 is 0.938 bits per heavy atom. The third kappa shape index (κ3) is 6.35. The van der Waals surface area contributed by atoms with Crippen LogP contribution in [0.5, 0.6) is 0 Å². The van der Waals surface area contributed by atoms with Gasteiger partial charge in [0.2, 0.25) is 0 Å². The Kier molecular flexibility index (Phi) is 8.70. The van der Waals surface area contributed by atoms with E-state index in [1.807, 2.05) is 0 Å². The van der Waals surface area contributed by atoms with Crippen LogP contribution in [0.1, 0.15) is 66.2 Å². The molecule has 16 heavy (non-hydrogen) atoms. The summed E-state index contributed by atoms with van der Waals surface area (Å²) in [5.74, 6) is 3.92. The van der Waals surface area contributed by atoms with Gasteiger partial charge in [-0.25, -0.2) is 0 Å². The van der Waals surface area contributed by atoms with E-state index in [2.05, 4.69) is 40.9 Å². The van der Waals surface area contributed by atoms with E-state index in [0.717, 1.165) is 23.7 Å². The highest BCUT2D eigenvalue weighted by Gasteiger charge is 2.22. The fraction of sp³-hybridized carbons (Fsp3) is 0.875. The van der Waals surface area contributed by atoms with Gasteiger partial charge in [0, 0.05) is 0 Å². The molecule has 0 amide bonds. The first-order valence-corrected chi connectivity index (χ1v) is 7.09. The minimum absolute atomic E-state index is 0.889. The summed E-state index contributed by atoms with van der Waals surface area (Å²) in [6, 6.07) is 0. The molecule has 1 aliphatic carbocycles. The average Bonchev–Trinajstić information content (AvgIpc) is 2.29. The van der Waals surface area contributed by atoms with E-state index >= 15 is 0 Å². The Bertz CT molecular complexity index is 151. The Morgan fingerprint density at radius 2 is 1.44 bits per heavy atom. The lowest BCUT2D eigenvalue weighted by Crippen LogP contribution is -2.19. The highest BCUT2D eigenvalue weighted by molar-refractivity contribution is 4.74. The van der Waals surface area contributed by atoms with E-state index in [1.54, 1.807) is 0 Å². The average molecular weight is 224 g/mol. The summed E-state index contributed by atoms with van der Waals surface area (Å²) < 4.78 is 0. The maximum atomic E-state index is 3.00. The maximum Gasteiger partial charge on any atom is -0.0388 e. The summed E-state index contributed by atoms with van der Waals surface area (Å²) in [5, 5.41) is 0. The monoisotopic (exact) mass is 224 g/mol. The zero-order valence-electron chi connectivity index (χ0n) is 12.0. The summed E-state index contributed by atoms with van der Waals surface area (Å²) in [6.07, 6.45) is 8.85. The normalized spacial score (nSPS) is 27.1. The molecule has 0 aromatic heterocycles. The zero-order chi connectivity index (χ0) is 12.6. The van der Waals surface area contributed by atoms with Crippen molar-refractivity contribution in [1.82, 2.24) is 0 Å². The van der Waals surface area contributed by atoms with E-state index in [1.165, 1.54) is 38.5 Å². The minimum atomic E-state index is 0.889. The molecule has 0 aliphatic heterocycles. The van der Waals surface area contributed by atoms with E-state index in [0.29, 0.717) is 0 Å². The molecule has 0 aromatic carbocycles. The Balaban J connectivity index is 0.00000106. The summed E-state index contributed by atoms with van der Waals surface area (Å²) in [7, 11) is 0. The van der Waals surface area contributed by atoms with Crippen molar-refractivity contribution in [2.75, 3.05) is 0 Å². The van der Waals surface area contributed by atoms with Crippen LogP contribution in [0.15, 0.2) is 13.2 Å². The largest absolute Gasteiger partial charge is 0.106 e. The molecule has 0 heteroatoms. The standard InChI is InChI=1S/C14H28.C2H4/c1-11(2)5-8-13(4)14-9-6-12(3)7-10-14;1-2/h11-14H,5-10H2,1-4H3;1-2H2. The van der Waals surface area contributed by atoms with Crippen LogP contribution in [-0.4, -0.2) is 0 Å². The molecule has 0 heterocycles. The molecular formula is C16H32. The van der Waals surface area contributed by atoms with Crippen LogP contribution in [0.3, 0.4) is 0 Å². The van der Waals surface area contributed by atoms with Gasteiger partial charge in [-0.3, -0.25) is 0 Å². The fourth-order valence-electron chi connectivity index (χ4n) is 2.69. The molecule has 0 spiro atoms. The first kappa shape index (κ1) is 15.7. The molecule has 1 rings (SSSR count). The van der Waals surface area contributed by atoms with Gasteiger partial charge < -0.3 is 0 Å². The number of hydrogen-bond donors (Lipinski definition) is 0. The fourth-order valence-corrected chi connectivity index (χ4v) is 2.69. The molecule has 1 saturated carbocycles. The van der Waals surface area contributed by atoms with Crippen LogP contribution in [0.4, 0.5) is 0 Å². The molecular weight excluding hydrogens is 192 g/mol. The molecule has 0 aromatic rings. The Hall–Kier alpha value is -0.260. The molecule has 1 fully saturated rings. The van der Waals surface area contributed by atoms with Gasteiger partial charge in [-0.1, -0.05) is 53.4 Å². The van der Waals surface area contributed by atoms with Crippen LogP contribution in [0, 0.1) is 23.7 Å². The Labute approximate surface area is 104 Å². The van der Waals surface area contributed by atoms with E-state index in [4.69, 9.17) is 0 Å². The van der Waals surface area contributed by atoms with Crippen molar-refractivity contribution < 1.29 is 0 Å². The molecule has 0 saturated heterocycles. The lowest BCUT2D eigenvalue weighted by atomic mass is 9.75. The highest BCUT2D eigenvalue weighted by Crippen LogP contribution is 2.35. The minimum Gasteiger partial charge on any atom is -0.106 e. The summed E-state index contributed by atoms with van der Waals surface area (Å²) in [4.78, 5) is 0. The maximum absolute atomic E-state index is 3.00. The number of rotatable bonds is 4. The predicted octanol–water partition coefficient (Wildman–Crippen LogP) is 5.69. The van der Waals surface area contributed by atoms with Gasteiger partial charge in [-0.2, -0.15) is 0 Å². The van der Waals surface area contributed by atoms with Gasteiger partial charge >= 0.3 is 0 Å². The second kappa shape index (κ2) is 8.84. The van der Waals surface area contributed by atoms with Gasteiger partial charge in [-0.05, 0) is 36.5 Å². The topological polar surface area (TPSA) is 0 Å². The van der Waals surface area contributed by atoms with Gasteiger partial charge in [0.1, 0.15) is 0 Å². The number of hydrogen-bond acceptors (Lipinski definition) is 0. The molecule has 0 N–H and O–H groups in total. The smallest absolute Gasteiger partial charge is 0.0388 e. The second-order valence-electron chi connectivity index (χ2n) is 5.97. The van der Waals surface area contributed by atoms with Crippen molar-refractivity contribution in [3.05, 3.63) is 13.2 Å². The summed E-state index contributed by atoms with van der Waals surface area (Å²) in [5.41, 5.74) is 0. The van der Waals surface area contributed by atoms with Crippen molar-refractivity contribution in [3.63, 3.8) is 0 Å². The van der Waals surface area contributed by atoms with Crippen molar-refractivity contribution in [2.45, 2.75) is 66.2 Å². The Morgan fingerprint density at radius 3 is 1.88 bits per heavy atom.